The maximum absolute atomic E-state index is 11.8. The van der Waals surface area contributed by atoms with Crippen molar-refractivity contribution in [3.8, 4) is 0 Å². The van der Waals surface area contributed by atoms with Crippen LogP contribution in [0.4, 0.5) is 11.6 Å². The van der Waals surface area contributed by atoms with Gasteiger partial charge in [0.1, 0.15) is 6.54 Å². The summed E-state index contributed by atoms with van der Waals surface area (Å²) in [6.07, 6.45) is 1.15. The number of carbonyl (C=O) groups excluding carboxylic acids is 2. The van der Waals surface area contributed by atoms with Crippen molar-refractivity contribution in [3.63, 3.8) is 0 Å². The van der Waals surface area contributed by atoms with E-state index in [4.69, 9.17) is 15.2 Å². The van der Waals surface area contributed by atoms with Crippen LogP contribution >= 0.6 is 11.8 Å². The van der Waals surface area contributed by atoms with Crippen LogP contribution in [0.5, 0.6) is 0 Å². The molecule has 26 heavy (non-hydrogen) atoms. The van der Waals surface area contributed by atoms with Crippen molar-refractivity contribution in [2.75, 3.05) is 18.9 Å². The third-order valence-corrected chi connectivity index (χ3v) is 3.93. The number of carbonyl (C=O) groups is 2. The van der Waals surface area contributed by atoms with E-state index in [1.54, 1.807) is 13.8 Å². The van der Waals surface area contributed by atoms with Crippen LogP contribution in [0.3, 0.4) is 0 Å². The lowest BCUT2D eigenvalue weighted by atomic mass is 10.4. The van der Waals surface area contributed by atoms with E-state index < -0.39 is 22.7 Å². The van der Waals surface area contributed by atoms with E-state index in [0.717, 1.165) is 18.1 Å². The third-order valence-electron chi connectivity index (χ3n) is 2.93. The minimum atomic E-state index is -0.695. The number of imidazole rings is 2. The van der Waals surface area contributed by atoms with Gasteiger partial charge in [0.15, 0.2) is 21.7 Å². The first-order valence-electron chi connectivity index (χ1n) is 7.42. The molecular weight excluding hydrogens is 368 g/mol. The first-order chi connectivity index (χ1) is 12.4. The quantitative estimate of drug-likeness (QED) is 0.380. The van der Waals surface area contributed by atoms with Gasteiger partial charge < -0.3 is 30.3 Å². The Balaban J connectivity index is 2.31. The van der Waals surface area contributed by atoms with E-state index in [2.05, 4.69) is 15.0 Å². The molecule has 140 valence electrons. The minimum absolute atomic E-state index is 0.0345. The van der Waals surface area contributed by atoms with Crippen molar-refractivity contribution in [2.45, 2.75) is 30.6 Å². The predicted octanol–water partition coefficient (Wildman–Crippen LogP) is 0.988. The number of anilines is 1. The van der Waals surface area contributed by atoms with E-state index in [1.807, 2.05) is 0 Å². The van der Waals surface area contributed by atoms with Gasteiger partial charge in [-0.15, -0.1) is 0 Å². The van der Waals surface area contributed by atoms with Crippen molar-refractivity contribution in [1.29, 1.82) is 0 Å². The summed E-state index contributed by atoms with van der Waals surface area (Å²) in [7, 11) is 0. The molecule has 0 radical (unpaired) electrons. The minimum Gasteiger partial charge on any atom is -0.465 e. The SMILES string of the molecule is CCOC(=O)Cn1cnc([N+](=O)[O-])c1Sc1nc(N)c(C(=O)OCC)[nH]1. The average molecular weight is 384 g/mol. The largest absolute Gasteiger partial charge is 0.465 e. The number of ether oxygens (including phenoxy) is 2. The van der Waals surface area contributed by atoms with Gasteiger partial charge in [-0.3, -0.25) is 9.36 Å². The Labute approximate surface area is 151 Å². The Morgan fingerprint density at radius 3 is 2.69 bits per heavy atom. The summed E-state index contributed by atoms with van der Waals surface area (Å²) < 4.78 is 10.9. The van der Waals surface area contributed by atoms with Crippen LogP contribution in [-0.4, -0.2) is 49.6 Å². The van der Waals surface area contributed by atoms with Gasteiger partial charge in [-0.05, 0) is 35.5 Å². The van der Waals surface area contributed by atoms with Crippen LogP contribution in [0.2, 0.25) is 0 Å². The molecule has 0 amide bonds. The molecule has 2 aromatic heterocycles. The molecule has 0 fully saturated rings. The van der Waals surface area contributed by atoms with E-state index >= 15 is 0 Å². The standard InChI is InChI=1S/C13H16N6O6S/c1-3-24-7(20)5-18-6-15-10(19(22)23)11(18)26-13-16-8(9(14)17-13)12(21)25-4-2/h6H,3-5,14H2,1-2H3,(H,16,17). The Morgan fingerprint density at radius 2 is 2.08 bits per heavy atom. The first kappa shape index (κ1) is 19.2. The zero-order valence-corrected chi connectivity index (χ0v) is 14.7. The van der Waals surface area contributed by atoms with Crippen molar-refractivity contribution >= 4 is 35.3 Å². The number of nitro groups is 1. The van der Waals surface area contributed by atoms with E-state index in [9.17, 15) is 19.7 Å². The highest BCUT2D eigenvalue weighted by atomic mass is 32.2. The van der Waals surface area contributed by atoms with E-state index in [-0.39, 0.29) is 41.5 Å². The van der Waals surface area contributed by atoms with Crippen LogP contribution in [0.25, 0.3) is 0 Å². The van der Waals surface area contributed by atoms with E-state index in [0.29, 0.717) is 0 Å². The number of nitrogens with one attached hydrogen (secondary N) is 1. The Bertz CT molecular complexity index is 831. The summed E-state index contributed by atoms with van der Waals surface area (Å²) in [4.78, 5) is 44.2. The molecule has 0 aliphatic heterocycles. The second kappa shape index (κ2) is 8.33. The maximum Gasteiger partial charge on any atom is 0.396 e. The van der Waals surface area contributed by atoms with Gasteiger partial charge in [0, 0.05) is 0 Å². The molecule has 0 saturated heterocycles. The molecule has 0 saturated carbocycles. The average Bonchev–Trinajstić information content (AvgIpc) is 3.12. The van der Waals surface area contributed by atoms with Crippen molar-refractivity contribution < 1.29 is 24.0 Å². The Kier molecular flexibility index (Phi) is 6.16. The lowest BCUT2D eigenvalue weighted by molar-refractivity contribution is -0.392. The smallest absolute Gasteiger partial charge is 0.396 e. The molecule has 0 spiro atoms. The molecule has 2 rings (SSSR count). The molecule has 0 aliphatic rings. The van der Waals surface area contributed by atoms with Gasteiger partial charge in [-0.25, -0.2) is 9.78 Å². The zero-order valence-electron chi connectivity index (χ0n) is 13.9. The number of aromatic nitrogens is 4. The number of hydrogen-bond donors (Lipinski definition) is 2. The molecule has 2 heterocycles. The van der Waals surface area contributed by atoms with Crippen LogP contribution < -0.4 is 5.73 Å². The molecule has 0 unspecified atom stereocenters. The Hall–Kier alpha value is -3.09. The molecule has 0 aliphatic carbocycles. The number of nitrogens with two attached hydrogens (primary N) is 1. The second-order valence-corrected chi connectivity index (χ2v) is 5.67. The molecule has 12 nitrogen and oxygen atoms in total. The molecule has 0 bridgehead atoms. The highest BCUT2D eigenvalue weighted by Gasteiger charge is 2.26. The van der Waals surface area contributed by atoms with Gasteiger partial charge >= 0.3 is 17.8 Å². The number of aromatic amines is 1. The topological polar surface area (TPSA) is 168 Å². The van der Waals surface area contributed by atoms with Crippen molar-refractivity contribution in [1.82, 2.24) is 19.5 Å². The number of rotatable bonds is 8. The summed E-state index contributed by atoms with van der Waals surface area (Å²) in [5.41, 5.74) is 5.61. The fraction of sp³-hybridized carbons (Fsp3) is 0.385. The predicted molar refractivity (Wildman–Crippen MR) is 88.6 cm³/mol. The number of H-pyrrole nitrogens is 1. The van der Waals surface area contributed by atoms with Gasteiger partial charge in [-0.1, -0.05) is 0 Å². The molecule has 0 aromatic carbocycles. The highest BCUT2D eigenvalue weighted by Crippen LogP contribution is 2.33. The maximum atomic E-state index is 11.8. The monoisotopic (exact) mass is 384 g/mol. The fourth-order valence-electron chi connectivity index (χ4n) is 1.91. The van der Waals surface area contributed by atoms with Crippen LogP contribution in [0, 0.1) is 10.1 Å². The van der Waals surface area contributed by atoms with Crippen molar-refractivity contribution in [2.24, 2.45) is 0 Å². The molecule has 0 atom stereocenters. The van der Waals surface area contributed by atoms with Crippen LogP contribution in [0.1, 0.15) is 24.3 Å². The number of nitrogen functional groups attached to an aromatic ring is 1. The number of nitrogens with zero attached hydrogens (tertiary/aromatic N) is 4. The Morgan fingerprint density at radius 1 is 1.38 bits per heavy atom. The molecular formula is C13H16N6O6S. The lowest BCUT2D eigenvalue weighted by Crippen LogP contribution is -2.13. The molecule has 13 heteroatoms. The lowest BCUT2D eigenvalue weighted by Gasteiger charge is -2.05. The van der Waals surface area contributed by atoms with Gasteiger partial charge in [0.05, 0.1) is 13.2 Å². The molecule has 3 N–H and O–H groups in total. The number of esters is 2. The van der Waals surface area contributed by atoms with Gasteiger partial charge in [-0.2, -0.15) is 0 Å². The molecule has 2 aromatic rings. The summed E-state index contributed by atoms with van der Waals surface area (Å²) in [6.45, 7) is 3.34. The van der Waals surface area contributed by atoms with E-state index in [1.165, 1.54) is 4.57 Å². The number of hydrogen-bond acceptors (Lipinski definition) is 10. The normalized spacial score (nSPS) is 10.5. The third kappa shape index (κ3) is 4.30. The van der Waals surface area contributed by atoms with Crippen LogP contribution in [-0.2, 0) is 20.8 Å². The summed E-state index contributed by atoms with van der Waals surface area (Å²) in [6, 6.07) is 0. The summed E-state index contributed by atoms with van der Waals surface area (Å²) >= 11 is 0.803. The fourth-order valence-corrected chi connectivity index (χ4v) is 2.84. The van der Waals surface area contributed by atoms with Gasteiger partial charge in [0.2, 0.25) is 6.33 Å². The first-order valence-corrected chi connectivity index (χ1v) is 8.24. The summed E-state index contributed by atoms with van der Waals surface area (Å²) in [5.74, 6) is -1.84. The van der Waals surface area contributed by atoms with Crippen molar-refractivity contribution in [3.05, 3.63) is 22.1 Å². The zero-order chi connectivity index (χ0) is 19.3. The highest BCUT2D eigenvalue weighted by molar-refractivity contribution is 7.99. The summed E-state index contributed by atoms with van der Waals surface area (Å²) in [5, 5.41) is 11.3. The van der Waals surface area contributed by atoms with Gasteiger partial charge in [0.25, 0.3) is 0 Å². The second-order valence-electron chi connectivity index (χ2n) is 4.69. The van der Waals surface area contributed by atoms with Crippen LogP contribution in [0.15, 0.2) is 16.5 Å².